The molecule has 0 unspecified atom stereocenters. The third kappa shape index (κ3) is 7.34. The molecule has 0 aliphatic carbocycles. The van der Waals surface area contributed by atoms with Gasteiger partial charge in [-0.25, -0.2) is 4.98 Å². The molecule has 0 spiro atoms. The van der Waals surface area contributed by atoms with Gasteiger partial charge in [0, 0.05) is 31.7 Å². The zero-order valence-corrected chi connectivity index (χ0v) is 19.4. The van der Waals surface area contributed by atoms with Gasteiger partial charge in [0.25, 0.3) is 0 Å². The number of ketones is 1. The molecule has 1 heterocycles. The van der Waals surface area contributed by atoms with Crippen molar-refractivity contribution in [3.8, 4) is 11.5 Å². The maximum absolute atomic E-state index is 12.7. The van der Waals surface area contributed by atoms with Gasteiger partial charge >= 0.3 is 5.97 Å². The number of carbonyl (C=O) groups excluding carboxylic acids is 2. The van der Waals surface area contributed by atoms with E-state index in [0.29, 0.717) is 18.9 Å². The number of nitrogens with zero attached hydrogens (tertiary/aromatic N) is 1. The van der Waals surface area contributed by atoms with Crippen LogP contribution >= 0.6 is 0 Å². The fourth-order valence-electron chi connectivity index (χ4n) is 3.16. The van der Waals surface area contributed by atoms with Crippen molar-refractivity contribution in [1.82, 2.24) is 4.98 Å². The molecule has 0 radical (unpaired) electrons. The average molecular weight is 444 g/mol. The van der Waals surface area contributed by atoms with Crippen molar-refractivity contribution in [1.29, 1.82) is 0 Å². The number of hydrogen-bond acceptors (Lipinski definition) is 7. The number of esters is 1. The summed E-state index contributed by atoms with van der Waals surface area (Å²) >= 11 is 0. The third-order valence-corrected chi connectivity index (χ3v) is 5.01. The molecule has 174 valence electrons. The second kappa shape index (κ2) is 12.2. The first kappa shape index (κ1) is 25.3. The lowest BCUT2D eigenvalue weighted by atomic mass is 10.0. The van der Waals surface area contributed by atoms with E-state index in [1.807, 2.05) is 30.3 Å². The van der Waals surface area contributed by atoms with Crippen LogP contribution in [-0.4, -0.2) is 47.8 Å². The molecule has 1 aromatic carbocycles. The Kier molecular flexibility index (Phi) is 9.65. The van der Waals surface area contributed by atoms with Gasteiger partial charge in [0.05, 0.1) is 19.1 Å². The molecule has 7 heteroatoms. The summed E-state index contributed by atoms with van der Waals surface area (Å²) in [6, 6.07) is 11.3. The number of aromatic hydroxyl groups is 1. The Morgan fingerprint density at radius 1 is 1.06 bits per heavy atom. The van der Waals surface area contributed by atoms with E-state index >= 15 is 0 Å². The Hall–Kier alpha value is -2.93. The fourth-order valence-corrected chi connectivity index (χ4v) is 3.16. The number of benzene rings is 1. The molecule has 0 fully saturated rings. The second-order valence-electron chi connectivity index (χ2n) is 8.34. The predicted octanol–water partition coefficient (Wildman–Crippen LogP) is 4.22. The molecular formula is C25H33NO6. The number of pyridine rings is 1. The van der Waals surface area contributed by atoms with Crippen molar-refractivity contribution in [2.45, 2.75) is 52.7 Å². The van der Waals surface area contributed by atoms with Crippen LogP contribution < -0.4 is 4.74 Å². The van der Waals surface area contributed by atoms with Crippen molar-refractivity contribution >= 4 is 11.8 Å². The molecule has 2 rings (SSSR count). The van der Waals surface area contributed by atoms with E-state index in [4.69, 9.17) is 14.2 Å². The molecule has 32 heavy (non-hydrogen) atoms. The standard InChI is InChI=1S/C25H33NO6/c1-16(2)15-31-22(14-19-9-7-6-8-10-19)18(4)32-25(29)17(3)13-20(27)23-24(28)21(30-5)11-12-26-23/h6-12,16-18,22,28H,13-15H2,1-5H3/t17-,18+,22-/m1/s1. The van der Waals surface area contributed by atoms with Crippen molar-refractivity contribution in [2.24, 2.45) is 11.8 Å². The summed E-state index contributed by atoms with van der Waals surface area (Å²) in [6.45, 7) is 8.09. The zero-order valence-electron chi connectivity index (χ0n) is 19.4. The molecular weight excluding hydrogens is 410 g/mol. The number of hydrogen-bond donors (Lipinski definition) is 1. The SMILES string of the molecule is COc1ccnc(C(=O)C[C@@H](C)C(=O)O[C@@H](C)[C@@H](Cc2ccccc2)OCC(C)C)c1O. The van der Waals surface area contributed by atoms with E-state index in [9.17, 15) is 14.7 Å². The maximum Gasteiger partial charge on any atom is 0.309 e. The quantitative estimate of drug-likeness (QED) is 0.388. The molecule has 0 saturated heterocycles. The topological polar surface area (TPSA) is 95.0 Å². The van der Waals surface area contributed by atoms with Crippen molar-refractivity contribution in [3.63, 3.8) is 0 Å². The monoisotopic (exact) mass is 443 g/mol. The molecule has 0 aliphatic heterocycles. The van der Waals surface area contributed by atoms with E-state index in [0.717, 1.165) is 5.56 Å². The lowest BCUT2D eigenvalue weighted by Gasteiger charge is -2.26. The van der Waals surface area contributed by atoms with Crippen LogP contribution in [0.5, 0.6) is 11.5 Å². The normalized spacial score (nSPS) is 13.9. The number of ether oxygens (including phenoxy) is 3. The van der Waals surface area contributed by atoms with Crippen LogP contribution in [0.4, 0.5) is 0 Å². The molecule has 3 atom stereocenters. The number of carbonyl (C=O) groups is 2. The summed E-state index contributed by atoms with van der Waals surface area (Å²) in [5.74, 6) is -1.51. The van der Waals surface area contributed by atoms with Gasteiger partial charge < -0.3 is 19.3 Å². The second-order valence-corrected chi connectivity index (χ2v) is 8.34. The van der Waals surface area contributed by atoms with E-state index in [1.54, 1.807) is 13.8 Å². The molecule has 1 N–H and O–H groups in total. The molecule has 1 aromatic heterocycles. The molecule has 0 amide bonds. The smallest absolute Gasteiger partial charge is 0.309 e. The lowest BCUT2D eigenvalue weighted by molar-refractivity contribution is -0.160. The van der Waals surface area contributed by atoms with Gasteiger partial charge in [-0.1, -0.05) is 51.1 Å². The summed E-state index contributed by atoms with van der Waals surface area (Å²) in [7, 11) is 1.39. The van der Waals surface area contributed by atoms with Gasteiger partial charge in [-0.3, -0.25) is 9.59 Å². The summed E-state index contributed by atoms with van der Waals surface area (Å²) in [6.07, 6.45) is 1.03. The summed E-state index contributed by atoms with van der Waals surface area (Å²) in [5, 5.41) is 10.1. The minimum Gasteiger partial charge on any atom is -0.503 e. The van der Waals surface area contributed by atoms with Gasteiger partial charge in [-0.2, -0.15) is 0 Å². The number of aromatic nitrogens is 1. The van der Waals surface area contributed by atoms with Crippen LogP contribution in [0.2, 0.25) is 0 Å². The molecule has 2 aromatic rings. The highest BCUT2D eigenvalue weighted by Gasteiger charge is 2.28. The van der Waals surface area contributed by atoms with E-state index in [-0.39, 0.29) is 29.7 Å². The minimum atomic E-state index is -0.708. The zero-order chi connectivity index (χ0) is 23.7. The molecule has 0 aliphatic rings. The first-order chi connectivity index (χ1) is 15.2. The van der Waals surface area contributed by atoms with Crippen LogP contribution in [0.25, 0.3) is 0 Å². The van der Waals surface area contributed by atoms with Gasteiger partial charge in [-0.05, 0) is 18.4 Å². The van der Waals surface area contributed by atoms with Crippen molar-refractivity contribution in [2.75, 3.05) is 13.7 Å². The summed E-state index contributed by atoms with van der Waals surface area (Å²) in [5.41, 5.74) is 0.964. The van der Waals surface area contributed by atoms with Crippen LogP contribution in [0.1, 0.15) is 50.2 Å². The third-order valence-electron chi connectivity index (χ3n) is 5.01. The van der Waals surface area contributed by atoms with Gasteiger partial charge in [-0.15, -0.1) is 0 Å². The summed E-state index contributed by atoms with van der Waals surface area (Å²) < 4.78 is 16.7. The number of rotatable bonds is 12. The van der Waals surface area contributed by atoms with Crippen molar-refractivity contribution in [3.05, 3.63) is 53.9 Å². The van der Waals surface area contributed by atoms with Crippen LogP contribution in [0.15, 0.2) is 42.6 Å². The number of Topliss-reactive ketones (excluding diaryl/α,β-unsaturated/α-hetero) is 1. The van der Waals surface area contributed by atoms with Crippen LogP contribution in [-0.2, 0) is 20.7 Å². The van der Waals surface area contributed by atoms with Crippen LogP contribution in [0.3, 0.4) is 0 Å². The highest BCUT2D eigenvalue weighted by atomic mass is 16.6. The number of methoxy groups -OCH3 is 1. The summed E-state index contributed by atoms with van der Waals surface area (Å²) in [4.78, 5) is 29.2. The van der Waals surface area contributed by atoms with E-state index < -0.39 is 23.8 Å². The van der Waals surface area contributed by atoms with Crippen LogP contribution in [0, 0.1) is 11.8 Å². The Bertz CT molecular complexity index is 883. The first-order valence-corrected chi connectivity index (χ1v) is 10.8. The first-order valence-electron chi connectivity index (χ1n) is 10.8. The Balaban J connectivity index is 2.01. The lowest BCUT2D eigenvalue weighted by Crippen LogP contribution is -2.35. The molecule has 0 saturated carbocycles. The molecule has 7 nitrogen and oxygen atoms in total. The highest BCUT2D eigenvalue weighted by molar-refractivity contribution is 5.99. The van der Waals surface area contributed by atoms with E-state index in [2.05, 4.69) is 18.8 Å². The Morgan fingerprint density at radius 3 is 2.38 bits per heavy atom. The molecule has 0 bridgehead atoms. The minimum absolute atomic E-state index is 0.126. The van der Waals surface area contributed by atoms with E-state index in [1.165, 1.54) is 19.4 Å². The Morgan fingerprint density at radius 2 is 1.75 bits per heavy atom. The Labute approximate surface area is 189 Å². The predicted molar refractivity (Wildman–Crippen MR) is 121 cm³/mol. The maximum atomic E-state index is 12.7. The average Bonchev–Trinajstić information content (AvgIpc) is 2.77. The van der Waals surface area contributed by atoms with Crippen molar-refractivity contribution < 1.29 is 28.9 Å². The van der Waals surface area contributed by atoms with Gasteiger partial charge in [0.1, 0.15) is 6.10 Å². The van der Waals surface area contributed by atoms with Gasteiger partial charge in [0.2, 0.25) is 0 Å². The largest absolute Gasteiger partial charge is 0.503 e. The fraction of sp³-hybridized carbons (Fsp3) is 0.480. The highest BCUT2D eigenvalue weighted by Crippen LogP contribution is 2.29. The van der Waals surface area contributed by atoms with Gasteiger partial charge in [0.15, 0.2) is 23.0 Å².